The Balaban J connectivity index is 2.32. The number of halogens is 2. The second kappa shape index (κ2) is 5.74. The van der Waals surface area contributed by atoms with Crippen LogP contribution in [0.5, 0.6) is 0 Å². The number of hydrogen-bond acceptors (Lipinski definition) is 2. The number of rotatable bonds is 3. The summed E-state index contributed by atoms with van der Waals surface area (Å²) in [5, 5.41) is 0.864. The molecular weight excluding hydrogens is 305 g/mol. The van der Waals surface area contributed by atoms with Crippen LogP contribution in [0, 0.1) is 0 Å². The molecule has 0 spiro atoms. The van der Waals surface area contributed by atoms with Gasteiger partial charge in [0.25, 0.3) is 10.0 Å². The van der Waals surface area contributed by atoms with Gasteiger partial charge in [0.05, 0.1) is 4.90 Å². The smallest absolute Gasteiger partial charge is 0.199 e. The van der Waals surface area contributed by atoms with Gasteiger partial charge in [-0.05, 0) is 35.9 Å². The van der Waals surface area contributed by atoms with E-state index in [1.54, 1.807) is 36.4 Å². The largest absolute Gasteiger partial charge is 0.282 e. The lowest BCUT2D eigenvalue weighted by molar-refractivity contribution is 0.598. The van der Waals surface area contributed by atoms with Gasteiger partial charge < -0.3 is 0 Å². The van der Waals surface area contributed by atoms with Crippen molar-refractivity contribution in [3.63, 3.8) is 0 Å². The van der Waals surface area contributed by atoms with Gasteiger partial charge in [-0.1, -0.05) is 41.4 Å². The Labute approximate surface area is 121 Å². The fourth-order valence-corrected chi connectivity index (χ4v) is 2.77. The van der Waals surface area contributed by atoms with Crippen LogP contribution < -0.4 is 0 Å². The minimum Gasteiger partial charge on any atom is -0.199 e. The third-order valence-corrected chi connectivity index (χ3v) is 3.99. The topological polar surface area (TPSA) is 46.5 Å². The maximum atomic E-state index is 12.0. The lowest BCUT2D eigenvalue weighted by Crippen LogP contribution is -1.97. The average molecular weight is 314 g/mol. The molecule has 0 radical (unpaired) electrons. The normalized spacial score (nSPS) is 11.9. The predicted molar refractivity (Wildman–Crippen MR) is 77.7 cm³/mol. The molecule has 0 fully saturated rings. The van der Waals surface area contributed by atoms with Gasteiger partial charge in [0.1, 0.15) is 0 Å². The first-order valence-electron chi connectivity index (χ1n) is 5.29. The SMILES string of the molecule is O=S(=O)(N=Cc1cccc(Cl)c1)c1cccc(Cl)c1. The Bertz CT molecular complexity index is 727. The van der Waals surface area contributed by atoms with Crippen molar-refractivity contribution in [1.82, 2.24) is 0 Å². The predicted octanol–water partition coefficient (Wildman–Crippen LogP) is 3.80. The van der Waals surface area contributed by atoms with Crippen LogP contribution >= 0.6 is 23.2 Å². The van der Waals surface area contributed by atoms with Crippen LogP contribution in [0.15, 0.2) is 57.8 Å². The van der Waals surface area contributed by atoms with Crippen molar-refractivity contribution in [2.75, 3.05) is 0 Å². The van der Waals surface area contributed by atoms with Gasteiger partial charge in [-0.25, -0.2) is 0 Å². The van der Waals surface area contributed by atoms with Crippen LogP contribution in [0.3, 0.4) is 0 Å². The molecule has 2 rings (SSSR count). The maximum Gasteiger partial charge on any atom is 0.282 e. The zero-order valence-corrected chi connectivity index (χ0v) is 12.0. The van der Waals surface area contributed by atoms with E-state index in [4.69, 9.17) is 23.2 Å². The van der Waals surface area contributed by atoms with Gasteiger partial charge in [0.15, 0.2) is 0 Å². The van der Waals surface area contributed by atoms with E-state index in [2.05, 4.69) is 4.40 Å². The Morgan fingerprint density at radius 1 is 0.947 bits per heavy atom. The molecule has 3 nitrogen and oxygen atoms in total. The van der Waals surface area contributed by atoms with Crippen LogP contribution in [0.4, 0.5) is 0 Å². The Hall–Kier alpha value is -1.36. The molecule has 0 unspecified atom stereocenters. The summed E-state index contributed by atoms with van der Waals surface area (Å²) in [5.74, 6) is 0. The highest BCUT2D eigenvalue weighted by atomic mass is 35.5. The van der Waals surface area contributed by atoms with Crippen molar-refractivity contribution in [2.45, 2.75) is 4.90 Å². The third kappa shape index (κ3) is 3.80. The van der Waals surface area contributed by atoms with Crippen LogP contribution in [0.25, 0.3) is 0 Å². The molecule has 6 heteroatoms. The molecule has 0 bridgehead atoms. The van der Waals surface area contributed by atoms with Crippen LogP contribution in [0.2, 0.25) is 10.0 Å². The highest BCUT2D eigenvalue weighted by Crippen LogP contribution is 2.17. The lowest BCUT2D eigenvalue weighted by atomic mass is 10.2. The quantitative estimate of drug-likeness (QED) is 0.809. The van der Waals surface area contributed by atoms with Crippen LogP contribution in [-0.2, 0) is 10.0 Å². The van der Waals surface area contributed by atoms with Crippen molar-refractivity contribution in [1.29, 1.82) is 0 Å². The van der Waals surface area contributed by atoms with Gasteiger partial charge in [0.2, 0.25) is 0 Å². The molecule has 0 heterocycles. The standard InChI is InChI=1S/C13H9Cl2NO2S/c14-11-4-1-3-10(7-11)9-16-19(17,18)13-6-2-5-12(15)8-13/h1-9H. The first kappa shape index (κ1) is 14.1. The molecule has 0 aliphatic rings. The second-order valence-corrected chi connectivity index (χ2v) is 6.23. The zero-order valence-electron chi connectivity index (χ0n) is 9.62. The summed E-state index contributed by atoms with van der Waals surface area (Å²) in [5.41, 5.74) is 0.609. The van der Waals surface area contributed by atoms with E-state index in [-0.39, 0.29) is 4.90 Å². The molecule has 2 aromatic rings. The van der Waals surface area contributed by atoms with E-state index in [1.165, 1.54) is 18.3 Å². The fourth-order valence-electron chi connectivity index (χ4n) is 1.41. The van der Waals surface area contributed by atoms with Gasteiger partial charge in [0, 0.05) is 16.3 Å². The molecule has 0 atom stereocenters. The molecule has 0 aliphatic carbocycles. The van der Waals surface area contributed by atoms with Crippen molar-refractivity contribution >= 4 is 39.4 Å². The summed E-state index contributed by atoms with van der Waals surface area (Å²) in [6, 6.07) is 12.7. The Morgan fingerprint density at radius 2 is 1.58 bits per heavy atom. The van der Waals surface area contributed by atoms with Gasteiger partial charge in [-0.15, -0.1) is 0 Å². The average Bonchev–Trinajstić information content (AvgIpc) is 2.37. The third-order valence-electron chi connectivity index (χ3n) is 2.28. The number of hydrogen-bond donors (Lipinski definition) is 0. The summed E-state index contributed by atoms with van der Waals surface area (Å²) < 4.78 is 27.5. The molecular formula is C13H9Cl2NO2S. The first-order chi connectivity index (χ1) is 8.97. The van der Waals surface area contributed by atoms with Crippen LogP contribution in [-0.4, -0.2) is 14.6 Å². The summed E-state index contributed by atoms with van der Waals surface area (Å²) in [4.78, 5) is 0.0540. The first-order valence-corrected chi connectivity index (χ1v) is 7.48. The highest BCUT2D eigenvalue weighted by molar-refractivity contribution is 7.90. The van der Waals surface area contributed by atoms with Gasteiger partial charge in [-0.3, -0.25) is 0 Å². The number of benzene rings is 2. The molecule has 0 saturated carbocycles. The van der Waals surface area contributed by atoms with Crippen molar-refractivity contribution < 1.29 is 8.42 Å². The zero-order chi connectivity index (χ0) is 13.9. The number of nitrogens with zero attached hydrogens (tertiary/aromatic N) is 1. The molecule has 0 N–H and O–H groups in total. The molecule has 0 aliphatic heterocycles. The minimum atomic E-state index is -3.75. The minimum absolute atomic E-state index is 0.0540. The molecule has 2 aromatic carbocycles. The van der Waals surface area contributed by atoms with Crippen molar-refractivity contribution in [3.05, 3.63) is 64.1 Å². The summed E-state index contributed by atoms with van der Waals surface area (Å²) in [6.07, 6.45) is 1.25. The summed E-state index contributed by atoms with van der Waals surface area (Å²) >= 11 is 11.6. The van der Waals surface area contributed by atoms with E-state index >= 15 is 0 Å². The summed E-state index contributed by atoms with van der Waals surface area (Å²) in [7, 11) is -3.75. The second-order valence-electron chi connectivity index (χ2n) is 3.72. The van der Waals surface area contributed by atoms with Gasteiger partial charge >= 0.3 is 0 Å². The van der Waals surface area contributed by atoms with E-state index in [1.807, 2.05) is 0 Å². The molecule has 19 heavy (non-hydrogen) atoms. The van der Waals surface area contributed by atoms with Crippen molar-refractivity contribution in [3.8, 4) is 0 Å². The van der Waals surface area contributed by atoms with Crippen molar-refractivity contribution in [2.24, 2.45) is 4.40 Å². The Kier molecular flexibility index (Phi) is 4.24. The van der Waals surface area contributed by atoms with E-state index < -0.39 is 10.0 Å². The molecule has 0 aromatic heterocycles. The fraction of sp³-hybridized carbons (Fsp3) is 0. The molecule has 0 amide bonds. The number of sulfonamides is 1. The van der Waals surface area contributed by atoms with E-state index in [0.717, 1.165) is 0 Å². The highest BCUT2D eigenvalue weighted by Gasteiger charge is 2.11. The molecule has 0 saturated heterocycles. The Morgan fingerprint density at radius 3 is 2.21 bits per heavy atom. The summed E-state index contributed by atoms with van der Waals surface area (Å²) in [6.45, 7) is 0. The van der Waals surface area contributed by atoms with E-state index in [9.17, 15) is 8.42 Å². The van der Waals surface area contributed by atoms with E-state index in [0.29, 0.717) is 15.6 Å². The monoisotopic (exact) mass is 313 g/mol. The molecule has 98 valence electrons. The van der Waals surface area contributed by atoms with Gasteiger partial charge in [-0.2, -0.15) is 12.8 Å². The maximum absolute atomic E-state index is 12.0. The lowest BCUT2D eigenvalue weighted by Gasteiger charge is -1.99. The van der Waals surface area contributed by atoms with Crippen LogP contribution in [0.1, 0.15) is 5.56 Å².